The molecule has 0 bridgehead atoms. The van der Waals surface area contributed by atoms with Crippen LogP contribution in [-0.4, -0.2) is 42.6 Å². The van der Waals surface area contributed by atoms with Crippen molar-refractivity contribution in [3.05, 3.63) is 77.0 Å². The van der Waals surface area contributed by atoms with E-state index in [1.54, 1.807) is 7.11 Å². The van der Waals surface area contributed by atoms with Crippen LogP contribution in [-0.2, 0) is 16.1 Å². The number of nitrogens with one attached hydrogen (secondary N) is 2. The molecule has 2 aliphatic heterocycles. The van der Waals surface area contributed by atoms with Crippen LogP contribution in [0.3, 0.4) is 0 Å². The number of methoxy groups -OCH3 is 1. The molecule has 2 heterocycles. The van der Waals surface area contributed by atoms with Crippen LogP contribution in [0, 0.1) is 0 Å². The second-order valence-electron chi connectivity index (χ2n) is 7.89. The van der Waals surface area contributed by atoms with E-state index in [1.807, 2.05) is 61.5 Å². The van der Waals surface area contributed by atoms with Crippen LogP contribution in [0.25, 0.3) is 0 Å². The van der Waals surface area contributed by atoms with Crippen molar-refractivity contribution in [2.24, 2.45) is 0 Å². The maximum atomic E-state index is 13.4. The van der Waals surface area contributed by atoms with Gasteiger partial charge in [-0.25, -0.2) is 9.69 Å². The van der Waals surface area contributed by atoms with E-state index < -0.39 is 12.1 Å². The second kappa shape index (κ2) is 8.81. The molecule has 0 unspecified atom stereocenters. The van der Waals surface area contributed by atoms with Gasteiger partial charge in [0.1, 0.15) is 12.4 Å². The van der Waals surface area contributed by atoms with Crippen molar-refractivity contribution in [2.45, 2.75) is 38.6 Å². The largest absolute Gasteiger partial charge is 0.496 e. The number of ether oxygens (including phenoxy) is 2. The van der Waals surface area contributed by atoms with Gasteiger partial charge in [-0.2, -0.15) is 0 Å². The van der Waals surface area contributed by atoms with Gasteiger partial charge in [-0.1, -0.05) is 48.5 Å². The van der Waals surface area contributed by atoms with Gasteiger partial charge < -0.3 is 20.1 Å². The molecule has 0 aliphatic carbocycles. The number of nitrogens with zero attached hydrogens (tertiary/aromatic N) is 1. The minimum atomic E-state index is -0.650. The van der Waals surface area contributed by atoms with Gasteiger partial charge in [0.15, 0.2) is 0 Å². The fraction of sp³-hybridized carbons (Fsp3) is 0.333. The van der Waals surface area contributed by atoms with E-state index in [9.17, 15) is 9.59 Å². The highest BCUT2D eigenvalue weighted by Crippen LogP contribution is 2.37. The first-order valence-corrected chi connectivity index (χ1v) is 10.4. The molecule has 2 N–H and O–H groups in total. The van der Waals surface area contributed by atoms with Gasteiger partial charge in [-0.15, -0.1) is 0 Å². The first-order chi connectivity index (χ1) is 15.0. The van der Waals surface area contributed by atoms with Crippen LogP contribution >= 0.6 is 0 Å². The van der Waals surface area contributed by atoms with Crippen molar-refractivity contribution in [2.75, 3.05) is 13.7 Å². The molecule has 0 spiro atoms. The van der Waals surface area contributed by atoms with E-state index in [2.05, 4.69) is 17.6 Å². The normalized spacial score (nSPS) is 23.1. The quantitative estimate of drug-likeness (QED) is 0.790. The minimum Gasteiger partial charge on any atom is -0.496 e. The zero-order chi connectivity index (χ0) is 22.0. The molecule has 7 nitrogen and oxygen atoms in total. The number of hydrogen-bond donors (Lipinski definition) is 2. The maximum absolute atomic E-state index is 13.4. The van der Waals surface area contributed by atoms with E-state index in [1.165, 1.54) is 0 Å². The molecule has 2 aliphatic rings. The third-order valence-corrected chi connectivity index (χ3v) is 5.86. The molecule has 0 aromatic heterocycles. The minimum absolute atomic E-state index is 0.0674. The first-order valence-electron chi connectivity index (χ1n) is 10.4. The second-order valence-corrected chi connectivity index (χ2v) is 7.89. The Bertz CT molecular complexity index is 1000. The standard InChI is InChI=1S/C24H27N3O4/c1-15-16(2)26-22(18-11-7-8-12-20(18)30-3)21-19(25-15)13-27(23(21)28)24(29)31-14-17-9-5-4-6-10-17/h4-12,15-16,22,25-26H,13-14H2,1-3H3/t15-,16-,22-/m1/s1. The summed E-state index contributed by atoms with van der Waals surface area (Å²) in [6.07, 6.45) is -0.650. The van der Waals surface area contributed by atoms with Crippen molar-refractivity contribution < 1.29 is 19.1 Å². The van der Waals surface area contributed by atoms with Crippen LogP contribution in [0.15, 0.2) is 65.9 Å². The number of carbonyl (C=O) groups is 2. The predicted molar refractivity (Wildman–Crippen MR) is 116 cm³/mol. The molecule has 0 fully saturated rings. The predicted octanol–water partition coefficient (Wildman–Crippen LogP) is 3.14. The Morgan fingerprint density at radius 1 is 1.06 bits per heavy atom. The van der Waals surface area contributed by atoms with Crippen molar-refractivity contribution in [1.29, 1.82) is 0 Å². The number of imide groups is 1. The molecule has 0 saturated heterocycles. The lowest BCUT2D eigenvalue weighted by atomic mass is 9.96. The van der Waals surface area contributed by atoms with Gasteiger partial charge in [0, 0.05) is 23.3 Å². The highest BCUT2D eigenvalue weighted by atomic mass is 16.6. The van der Waals surface area contributed by atoms with Crippen molar-refractivity contribution in [3.8, 4) is 5.75 Å². The summed E-state index contributed by atoms with van der Waals surface area (Å²) in [4.78, 5) is 27.3. The van der Waals surface area contributed by atoms with Crippen molar-refractivity contribution in [1.82, 2.24) is 15.5 Å². The molecular weight excluding hydrogens is 394 g/mol. The Labute approximate surface area is 182 Å². The monoisotopic (exact) mass is 421 g/mol. The lowest BCUT2D eigenvalue weighted by Gasteiger charge is -2.27. The zero-order valence-electron chi connectivity index (χ0n) is 17.9. The Kier molecular flexibility index (Phi) is 5.95. The summed E-state index contributed by atoms with van der Waals surface area (Å²) in [5.74, 6) is 0.330. The van der Waals surface area contributed by atoms with Gasteiger partial charge in [-0.3, -0.25) is 4.79 Å². The molecule has 162 valence electrons. The van der Waals surface area contributed by atoms with Crippen molar-refractivity contribution in [3.63, 3.8) is 0 Å². The van der Waals surface area contributed by atoms with E-state index in [0.717, 1.165) is 21.7 Å². The van der Waals surface area contributed by atoms with E-state index >= 15 is 0 Å². The highest BCUT2D eigenvalue weighted by molar-refractivity contribution is 6.06. The Morgan fingerprint density at radius 2 is 1.77 bits per heavy atom. The Hall–Kier alpha value is -3.32. The van der Waals surface area contributed by atoms with Crippen LogP contribution < -0.4 is 15.4 Å². The van der Waals surface area contributed by atoms with E-state index in [0.29, 0.717) is 11.3 Å². The number of benzene rings is 2. The lowest BCUT2D eigenvalue weighted by molar-refractivity contribution is -0.124. The van der Waals surface area contributed by atoms with Gasteiger partial charge in [-0.05, 0) is 25.5 Å². The van der Waals surface area contributed by atoms with Gasteiger partial charge in [0.05, 0.1) is 25.3 Å². The van der Waals surface area contributed by atoms with E-state index in [4.69, 9.17) is 9.47 Å². The van der Waals surface area contributed by atoms with Gasteiger partial charge >= 0.3 is 6.09 Å². The summed E-state index contributed by atoms with van der Waals surface area (Å²) < 4.78 is 11.0. The van der Waals surface area contributed by atoms with Crippen LogP contribution in [0.4, 0.5) is 4.79 Å². The molecule has 2 aromatic carbocycles. The summed E-state index contributed by atoms with van der Waals surface area (Å²) in [5, 5.41) is 6.96. The lowest BCUT2D eigenvalue weighted by Crippen LogP contribution is -2.45. The molecule has 0 saturated carbocycles. The SMILES string of the molecule is COc1ccccc1[C@H]1N[C@H](C)[C@@H](C)NC2=C1C(=O)N(C(=O)OCc1ccccc1)C2. The number of rotatable bonds is 4. The maximum Gasteiger partial charge on any atom is 0.417 e. The number of hydrogen-bond acceptors (Lipinski definition) is 6. The summed E-state index contributed by atoms with van der Waals surface area (Å²) in [7, 11) is 1.61. The third-order valence-electron chi connectivity index (χ3n) is 5.86. The summed E-state index contributed by atoms with van der Waals surface area (Å²) in [5.41, 5.74) is 2.98. The smallest absolute Gasteiger partial charge is 0.417 e. The summed E-state index contributed by atoms with van der Waals surface area (Å²) in [6, 6.07) is 16.8. The van der Waals surface area contributed by atoms with Gasteiger partial charge in [0.2, 0.25) is 0 Å². The van der Waals surface area contributed by atoms with Crippen LogP contribution in [0.5, 0.6) is 5.75 Å². The Balaban J connectivity index is 1.60. The van der Waals surface area contributed by atoms with Gasteiger partial charge in [0.25, 0.3) is 5.91 Å². The number of carbonyl (C=O) groups excluding carboxylic acids is 2. The molecule has 7 heteroatoms. The molecular formula is C24H27N3O4. The molecule has 0 radical (unpaired) electrons. The van der Waals surface area contributed by atoms with Crippen LogP contribution in [0.1, 0.15) is 31.0 Å². The zero-order valence-corrected chi connectivity index (χ0v) is 17.9. The van der Waals surface area contributed by atoms with Crippen molar-refractivity contribution >= 4 is 12.0 Å². The fourth-order valence-corrected chi connectivity index (χ4v) is 4.00. The third kappa shape index (κ3) is 4.14. The number of para-hydroxylation sites is 1. The van der Waals surface area contributed by atoms with Crippen LogP contribution in [0.2, 0.25) is 0 Å². The molecule has 31 heavy (non-hydrogen) atoms. The topological polar surface area (TPSA) is 79.9 Å². The molecule has 4 rings (SSSR count). The van der Waals surface area contributed by atoms with E-state index in [-0.39, 0.29) is 31.1 Å². The number of amides is 2. The summed E-state index contributed by atoms with van der Waals surface area (Å²) in [6.45, 7) is 4.39. The average molecular weight is 421 g/mol. The summed E-state index contributed by atoms with van der Waals surface area (Å²) >= 11 is 0. The molecule has 2 aromatic rings. The average Bonchev–Trinajstić information content (AvgIpc) is 3.05. The molecule has 3 atom stereocenters. The molecule has 2 amide bonds. The highest BCUT2D eigenvalue weighted by Gasteiger charge is 2.43. The Morgan fingerprint density at radius 3 is 2.52 bits per heavy atom. The fourth-order valence-electron chi connectivity index (χ4n) is 4.00. The first kappa shape index (κ1) is 20.9.